The van der Waals surface area contributed by atoms with E-state index in [1.165, 1.54) is 0 Å². The van der Waals surface area contributed by atoms with Crippen molar-refractivity contribution in [1.29, 1.82) is 0 Å². The Morgan fingerprint density at radius 3 is 2.71 bits per heavy atom. The Bertz CT molecular complexity index is 309. The lowest BCUT2D eigenvalue weighted by Gasteiger charge is -2.42. The van der Waals surface area contributed by atoms with Gasteiger partial charge in [0.05, 0.1) is 25.2 Å². The standard InChI is InChI=1S/C11H18N2O4/c14-9(15)6-11(2-1-3-11)13-10(16)8-7-17-5-4-12-8/h8,12H,1-7H2,(H,13,16)(H,14,15). The molecule has 0 bridgehead atoms. The van der Waals surface area contributed by atoms with Gasteiger partial charge in [0.2, 0.25) is 5.91 Å². The summed E-state index contributed by atoms with van der Waals surface area (Å²) in [6.45, 7) is 1.63. The molecule has 3 N–H and O–H groups in total. The van der Waals surface area contributed by atoms with Gasteiger partial charge in [-0.1, -0.05) is 0 Å². The molecule has 1 heterocycles. The third-order valence-electron chi connectivity index (χ3n) is 3.43. The van der Waals surface area contributed by atoms with Crippen LogP contribution in [-0.4, -0.2) is 48.3 Å². The molecule has 1 saturated heterocycles. The Labute approximate surface area is 99.7 Å². The third kappa shape index (κ3) is 2.95. The number of carbonyl (C=O) groups excluding carboxylic acids is 1. The van der Waals surface area contributed by atoms with Gasteiger partial charge in [-0.25, -0.2) is 0 Å². The first-order valence-corrected chi connectivity index (χ1v) is 5.96. The molecule has 0 radical (unpaired) electrons. The lowest BCUT2D eigenvalue weighted by molar-refractivity contribution is -0.141. The Kier molecular flexibility index (Phi) is 3.63. The third-order valence-corrected chi connectivity index (χ3v) is 3.43. The molecule has 0 aromatic heterocycles. The Balaban J connectivity index is 1.89. The number of ether oxygens (including phenoxy) is 1. The van der Waals surface area contributed by atoms with Crippen LogP contribution in [-0.2, 0) is 14.3 Å². The van der Waals surface area contributed by atoms with Crippen LogP contribution in [0.3, 0.4) is 0 Å². The topological polar surface area (TPSA) is 87.7 Å². The highest BCUT2D eigenvalue weighted by atomic mass is 16.5. The molecular formula is C11H18N2O4. The highest BCUT2D eigenvalue weighted by Gasteiger charge is 2.41. The van der Waals surface area contributed by atoms with Crippen LogP contribution < -0.4 is 10.6 Å². The first-order valence-electron chi connectivity index (χ1n) is 5.96. The van der Waals surface area contributed by atoms with Gasteiger partial charge in [0.15, 0.2) is 0 Å². The summed E-state index contributed by atoms with van der Waals surface area (Å²) in [5.74, 6) is -1.01. The lowest BCUT2D eigenvalue weighted by atomic mass is 9.74. The molecular weight excluding hydrogens is 224 g/mol. The quantitative estimate of drug-likeness (QED) is 0.618. The van der Waals surface area contributed by atoms with Crippen LogP contribution in [0.15, 0.2) is 0 Å². The van der Waals surface area contributed by atoms with Crippen LogP contribution in [0, 0.1) is 0 Å². The number of hydrogen-bond donors (Lipinski definition) is 3. The molecule has 6 heteroatoms. The molecule has 1 unspecified atom stereocenters. The van der Waals surface area contributed by atoms with Gasteiger partial charge in [-0.3, -0.25) is 9.59 Å². The molecule has 96 valence electrons. The lowest BCUT2D eigenvalue weighted by Crippen LogP contribution is -2.60. The van der Waals surface area contributed by atoms with Crippen LogP contribution in [0.25, 0.3) is 0 Å². The number of nitrogens with one attached hydrogen (secondary N) is 2. The van der Waals surface area contributed by atoms with E-state index in [9.17, 15) is 9.59 Å². The zero-order valence-corrected chi connectivity index (χ0v) is 9.70. The number of aliphatic carboxylic acids is 1. The first-order chi connectivity index (χ1) is 8.11. The summed E-state index contributed by atoms with van der Waals surface area (Å²) in [5, 5.41) is 14.8. The second-order valence-corrected chi connectivity index (χ2v) is 4.78. The van der Waals surface area contributed by atoms with Gasteiger partial charge < -0.3 is 20.5 Å². The van der Waals surface area contributed by atoms with Gasteiger partial charge in [-0.05, 0) is 19.3 Å². The number of rotatable bonds is 4. The normalized spacial score (nSPS) is 26.9. The first kappa shape index (κ1) is 12.3. The van der Waals surface area contributed by atoms with E-state index in [1.54, 1.807) is 0 Å². The van der Waals surface area contributed by atoms with E-state index in [0.717, 1.165) is 19.3 Å². The Hall–Kier alpha value is -1.14. The van der Waals surface area contributed by atoms with Crippen molar-refractivity contribution in [3.63, 3.8) is 0 Å². The van der Waals surface area contributed by atoms with Crippen molar-refractivity contribution in [3.8, 4) is 0 Å². The summed E-state index contributed by atoms with van der Waals surface area (Å²) in [5.41, 5.74) is -0.526. The van der Waals surface area contributed by atoms with Gasteiger partial charge >= 0.3 is 5.97 Å². The minimum Gasteiger partial charge on any atom is -0.481 e. The highest BCUT2D eigenvalue weighted by Crippen LogP contribution is 2.34. The van der Waals surface area contributed by atoms with E-state index in [4.69, 9.17) is 9.84 Å². The molecule has 0 spiro atoms. The molecule has 0 aromatic carbocycles. The number of carbonyl (C=O) groups is 2. The maximum absolute atomic E-state index is 11.9. The van der Waals surface area contributed by atoms with E-state index < -0.39 is 11.5 Å². The number of carboxylic acids is 1. The van der Waals surface area contributed by atoms with Crippen LogP contribution in [0.2, 0.25) is 0 Å². The SMILES string of the molecule is O=C(O)CC1(NC(=O)C2COCCN2)CCC1. The Morgan fingerprint density at radius 2 is 2.24 bits per heavy atom. The summed E-state index contributed by atoms with van der Waals surface area (Å²) in [7, 11) is 0. The molecule has 17 heavy (non-hydrogen) atoms. The fourth-order valence-electron chi connectivity index (χ4n) is 2.32. The second-order valence-electron chi connectivity index (χ2n) is 4.78. The molecule has 2 fully saturated rings. The van der Waals surface area contributed by atoms with E-state index in [2.05, 4.69) is 10.6 Å². The van der Waals surface area contributed by atoms with Crippen molar-refractivity contribution >= 4 is 11.9 Å². The molecule has 1 saturated carbocycles. The van der Waals surface area contributed by atoms with Gasteiger partial charge in [-0.2, -0.15) is 0 Å². The number of amides is 1. The van der Waals surface area contributed by atoms with Gasteiger partial charge in [0.25, 0.3) is 0 Å². The van der Waals surface area contributed by atoms with Crippen molar-refractivity contribution in [1.82, 2.24) is 10.6 Å². The monoisotopic (exact) mass is 242 g/mol. The highest BCUT2D eigenvalue weighted by molar-refractivity contribution is 5.83. The zero-order chi connectivity index (χ0) is 12.3. The van der Waals surface area contributed by atoms with E-state index in [1.807, 2.05) is 0 Å². The van der Waals surface area contributed by atoms with Crippen molar-refractivity contribution in [2.45, 2.75) is 37.3 Å². The van der Waals surface area contributed by atoms with Crippen molar-refractivity contribution in [2.75, 3.05) is 19.8 Å². The molecule has 1 aliphatic carbocycles. The summed E-state index contributed by atoms with van der Waals surface area (Å²) >= 11 is 0. The summed E-state index contributed by atoms with van der Waals surface area (Å²) in [6.07, 6.45) is 2.48. The second kappa shape index (κ2) is 5.01. The van der Waals surface area contributed by atoms with Crippen LogP contribution in [0.5, 0.6) is 0 Å². The smallest absolute Gasteiger partial charge is 0.305 e. The van der Waals surface area contributed by atoms with Crippen LogP contribution >= 0.6 is 0 Å². The molecule has 1 atom stereocenters. The van der Waals surface area contributed by atoms with Gasteiger partial charge in [0, 0.05) is 6.54 Å². The van der Waals surface area contributed by atoms with Crippen LogP contribution in [0.4, 0.5) is 0 Å². The minimum absolute atomic E-state index is 0.00627. The molecule has 2 rings (SSSR count). The van der Waals surface area contributed by atoms with E-state index in [0.29, 0.717) is 19.8 Å². The van der Waals surface area contributed by atoms with Crippen molar-refractivity contribution in [2.24, 2.45) is 0 Å². The zero-order valence-electron chi connectivity index (χ0n) is 9.70. The molecule has 0 aromatic rings. The fourth-order valence-corrected chi connectivity index (χ4v) is 2.32. The molecule has 2 aliphatic rings. The summed E-state index contributed by atoms with van der Waals surface area (Å²) in [4.78, 5) is 22.7. The summed E-state index contributed by atoms with van der Waals surface area (Å²) in [6, 6.07) is -0.352. The Morgan fingerprint density at radius 1 is 1.47 bits per heavy atom. The van der Waals surface area contributed by atoms with Crippen molar-refractivity contribution in [3.05, 3.63) is 0 Å². The number of hydrogen-bond acceptors (Lipinski definition) is 4. The largest absolute Gasteiger partial charge is 0.481 e. The fraction of sp³-hybridized carbons (Fsp3) is 0.818. The van der Waals surface area contributed by atoms with Crippen LogP contribution in [0.1, 0.15) is 25.7 Å². The predicted molar refractivity (Wildman–Crippen MR) is 59.6 cm³/mol. The van der Waals surface area contributed by atoms with Gasteiger partial charge in [-0.15, -0.1) is 0 Å². The average Bonchev–Trinajstić information content (AvgIpc) is 2.26. The predicted octanol–water partition coefficient (Wildman–Crippen LogP) is -0.512. The number of carboxylic acid groups (broad SMARTS) is 1. The van der Waals surface area contributed by atoms with E-state index in [-0.39, 0.29) is 18.4 Å². The molecule has 1 amide bonds. The maximum atomic E-state index is 11.9. The molecule has 6 nitrogen and oxygen atoms in total. The van der Waals surface area contributed by atoms with E-state index >= 15 is 0 Å². The maximum Gasteiger partial charge on any atom is 0.305 e. The number of morpholine rings is 1. The average molecular weight is 242 g/mol. The minimum atomic E-state index is -0.863. The summed E-state index contributed by atoms with van der Waals surface area (Å²) < 4.78 is 5.21. The molecule has 1 aliphatic heterocycles. The van der Waals surface area contributed by atoms with Gasteiger partial charge in [0.1, 0.15) is 6.04 Å². The van der Waals surface area contributed by atoms with Crippen molar-refractivity contribution < 1.29 is 19.4 Å².